The van der Waals surface area contributed by atoms with E-state index in [-0.39, 0.29) is 5.91 Å². The first kappa shape index (κ1) is 14.6. The molecule has 0 aliphatic carbocycles. The molecule has 0 bridgehead atoms. The maximum absolute atomic E-state index is 11.8. The van der Waals surface area contributed by atoms with E-state index in [1.165, 1.54) is 0 Å². The van der Waals surface area contributed by atoms with Crippen LogP contribution < -0.4 is 5.32 Å². The zero-order valence-corrected chi connectivity index (χ0v) is 11.1. The van der Waals surface area contributed by atoms with E-state index in [0.29, 0.717) is 25.3 Å². The summed E-state index contributed by atoms with van der Waals surface area (Å²) in [6.45, 7) is 7.09. The Balaban J connectivity index is 2.49. The third-order valence-corrected chi connectivity index (χ3v) is 2.27. The summed E-state index contributed by atoms with van der Waals surface area (Å²) in [4.78, 5) is 15.8. The van der Waals surface area contributed by atoms with Crippen LogP contribution in [0.2, 0.25) is 0 Å². The Bertz CT molecular complexity index is 376. The van der Waals surface area contributed by atoms with Gasteiger partial charge in [-0.25, -0.2) is 0 Å². The summed E-state index contributed by atoms with van der Waals surface area (Å²) < 4.78 is 10.7. The fourth-order valence-electron chi connectivity index (χ4n) is 1.49. The number of nitrogens with zero attached hydrogens (tertiary/aromatic N) is 1. The van der Waals surface area contributed by atoms with Gasteiger partial charge in [0, 0.05) is 25.6 Å². The molecule has 1 N–H and O–H groups in total. The first-order chi connectivity index (χ1) is 8.67. The Morgan fingerprint density at radius 2 is 2.00 bits per heavy atom. The van der Waals surface area contributed by atoms with Crippen molar-refractivity contribution in [1.82, 2.24) is 10.3 Å². The van der Waals surface area contributed by atoms with Gasteiger partial charge >= 0.3 is 0 Å². The Hall–Kier alpha value is -1.46. The van der Waals surface area contributed by atoms with E-state index in [4.69, 9.17) is 9.47 Å². The van der Waals surface area contributed by atoms with Crippen LogP contribution >= 0.6 is 0 Å². The van der Waals surface area contributed by atoms with E-state index < -0.39 is 6.29 Å². The minimum atomic E-state index is -0.401. The third-order valence-electron chi connectivity index (χ3n) is 2.27. The van der Waals surface area contributed by atoms with Crippen LogP contribution in [0.3, 0.4) is 0 Å². The second-order valence-electron chi connectivity index (χ2n) is 3.80. The molecule has 1 rings (SSSR count). The number of amides is 1. The zero-order chi connectivity index (χ0) is 13.4. The second-order valence-corrected chi connectivity index (χ2v) is 3.80. The van der Waals surface area contributed by atoms with Gasteiger partial charge in [0.05, 0.1) is 12.1 Å². The van der Waals surface area contributed by atoms with Gasteiger partial charge in [0.15, 0.2) is 6.29 Å². The highest BCUT2D eigenvalue weighted by Gasteiger charge is 2.11. The molecular weight excluding hydrogens is 232 g/mol. The van der Waals surface area contributed by atoms with Crippen LogP contribution in [0, 0.1) is 6.92 Å². The van der Waals surface area contributed by atoms with Gasteiger partial charge in [-0.15, -0.1) is 0 Å². The predicted molar refractivity (Wildman–Crippen MR) is 68.3 cm³/mol. The largest absolute Gasteiger partial charge is 0.351 e. The van der Waals surface area contributed by atoms with Crippen molar-refractivity contribution in [3.05, 3.63) is 29.6 Å². The molecule has 0 saturated heterocycles. The van der Waals surface area contributed by atoms with Crippen molar-refractivity contribution >= 4 is 5.91 Å². The topological polar surface area (TPSA) is 60.5 Å². The van der Waals surface area contributed by atoms with E-state index in [1.807, 2.05) is 20.8 Å². The number of rotatable bonds is 7. The van der Waals surface area contributed by atoms with Crippen LogP contribution in [0.5, 0.6) is 0 Å². The molecule has 0 aliphatic rings. The molecule has 1 heterocycles. The number of ether oxygens (including phenoxy) is 2. The van der Waals surface area contributed by atoms with E-state index >= 15 is 0 Å². The summed E-state index contributed by atoms with van der Waals surface area (Å²) in [5, 5.41) is 2.77. The van der Waals surface area contributed by atoms with Gasteiger partial charge in [0.1, 0.15) is 0 Å². The normalized spacial score (nSPS) is 10.7. The Morgan fingerprint density at radius 3 is 2.56 bits per heavy atom. The summed E-state index contributed by atoms with van der Waals surface area (Å²) in [7, 11) is 0. The molecule has 0 radical (unpaired) electrons. The third kappa shape index (κ3) is 4.81. The number of carbonyl (C=O) groups is 1. The SMILES string of the molecule is CCOC(CNC(=O)c1cncc(C)c1)OCC. The monoisotopic (exact) mass is 252 g/mol. The molecule has 18 heavy (non-hydrogen) atoms. The molecule has 0 aromatic carbocycles. The first-order valence-corrected chi connectivity index (χ1v) is 6.10. The van der Waals surface area contributed by atoms with Crippen LogP contribution in [0.1, 0.15) is 29.8 Å². The lowest BCUT2D eigenvalue weighted by Gasteiger charge is -2.17. The van der Waals surface area contributed by atoms with Gasteiger partial charge in [-0.2, -0.15) is 0 Å². The van der Waals surface area contributed by atoms with Gasteiger partial charge in [-0.3, -0.25) is 9.78 Å². The second kappa shape index (κ2) is 7.79. The van der Waals surface area contributed by atoms with E-state index in [0.717, 1.165) is 5.56 Å². The minimum absolute atomic E-state index is 0.171. The number of hydrogen-bond donors (Lipinski definition) is 1. The van der Waals surface area contributed by atoms with Crippen LogP contribution in [-0.4, -0.2) is 36.9 Å². The van der Waals surface area contributed by atoms with Gasteiger partial charge in [0.2, 0.25) is 0 Å². The summed E-state index contributed by atoms with van der Waals surface area (Å²) >= 11 is 0. The molecule has 100 valence electrons. The summed E-state index contributed by atoms with van der Waals surface area (Å²) in [5.74, 6) is -0.171. The first-order valence-electron chi connectivity index (χ1n) is 6.10. The highest BCUT2D eigenvalue weighted by molar-refractivity contribution is 5.93. The molecule has 0 unspecified atom stereocenters. The average molecular weight is 252 g/mol. The number of aromatic nitrogens is 1. The van der Waals surface area contributed by atoms with E-state index in [9.17, 15) is 4.79 Å². The Kier molecular flexibility index (Phi) is 6.32. The fraction of sp³-hybridized carbons (Fsp3) is 0.538. The lowest BCUT2D eigenvalue weighted by molar-refractivity contribution is -0.131. The predicted octanol–water partition coefficient (Wildman–Crippen LogP) is 1.52. The van der Waals surface area contributed by atoms with Crippen molar-refractivity contribution in [1.29, 1.82) is 0 Å². The maximum Gasteiger partial charge on any atom is 0.253 e. The molecule has 0 spiro atoms. The summed E-state index contributed by atoms with van der Waals surface area (Å²) in [6.07, 6.45) is 2.85. The number of aryl methyl sites for hydroxylation is 1. The highest BCUT2D eigenvalue weighted by Crippen LogP contribution is 2.01. The van der Waals surface area contributed by atoms with Crippen molar-refractivity contribution in [2.75, 3.05) is 19.8 Å². The van der Waals surface area contributed by atoms with E-state index in [1.54, 1.807) is 18.5 Å². The highest BCUT2D eigenvalue weighted by atomic mass is 16.7. The van der Waals surface area contributed by atoms with Crippen molar-refractivity contribution in [2.45, 2.75) is 27.1 Å². The minimum Gasteiger partial charge on any atom is -0.351 e. The molecule has 0 saturated carbocycles. The van der Waals surface area contributed by atoms with Crippen molar-refractivity contribution < 1.29 is 14.3 Å². The molecule has 0 fully saturated rings. The van der Waals surface area contributed by atoms with Gasteiger partial charge < -0.3 is 14.8 Å². The summed E-state index contributed by atoms with van der Waals surface area (Å²) in [5.41, 5.74) is 1.50. The number of hydrogen-bond acceptors (Lipinski definition) is 4. The van der Waals surface area contributed by atoms with Gasteiger partial charge in [0.25, 0.3) is 5.91 Å². The molecule has 1 aromatic rings. The average Bonchev–Trinajstić information content (AvgIpc) is 2.36. The standard InChI is InChI=1S/C13H20N2O3/c1-4-17-12(18-5-2)9-15-13(16)11-6-10(3)7-14-8-11/h6-8,12H,4-5,9H2,1-3H3,(H,15,16). The molecule has 1 amide bonds. The van der Waals surface area contributed by atoms with Crippen molar-refractivity contribution in [3.8, 4) is 0 Å². The van der Waals surface area contributed by atoms with Crippen LogP contribution in [0.25, 0.3) is 0 Å². The molecule has 0 aliphatic heterocycles. The Labute approximate surface area is 108 Å². The molecule has 0 atom stereocenters. The quantitative estimate of drug-likeness (QED) is 0.747. The summed E-state index contributed by atoms with van der Waals surface area (Å²) in [6, 6.07) is 1.79. The maximum atomic E-state index is 11.8. The molecule has 1 aromatic heterocycles. The smallest absolute Gasteiger partial charge is 0.253 e. The fourth-order valence-corrected chi connectivity index (χ4v) is 1.49. The van der Waals surface area contributed by atoms with Gasteiger partial charge in [-0.1, -0.05) is 0 Å². The number of carbonyl (C=O) groups excluding carboxylic acids is 1. The molecular formula is C13H20N2O3. The van der Waals surface area contributed by atoms with Crippen molar-refractivity contribution in [3.63, 3.8) is 0 Å². The van der Waals surface area contributed by atoms with Crippen LogP contribution in [0.15, 0.2) is 18.5 Å². The zero-order valence-electron chi connectivity index (χ0n) is 11.1. The van der Waals surface area contributed by atoms with Gasteiger partial charge in [-0.05, 0) is 32.4 Å². The van der Waals surface area contributed by atoms with E-state index in [2.05, 4.69) is 10.3 Å². The number of pyridine rings is 1. The molecule has 5 heteroatoms. The van der Waals surface area contributed by atoms with Crippen LogP contribution in [-0.2, 0) is 9.47 Å². The number of nitrogens with one attached hydrogen (secondary N) is 1. The van der Waals surface area contributed by atoms with Crippen LogP contribution in [0.4, 0.5) is 0 Å². The molecule has 5 nitrogen and oxygen atoms in total. The van der Waals surface area contributed by atoms with Crippen molar-refractivity contribution in [2.24, 2.45) is 0 Å². The lowest BCUT2D eigenvalue weighted by atomic mass is 10.2. The Morgan fingerprint density at radius 1 is 1.33 bits per heavy atom. The lowest BCUT2D eigenvalue weighted by Crippen LogP contribution is -2.35.